The summed E-state index contributed by atoms with van der Waals surface area (Å²) in [5.41, 5.74) is 0.914. The van der Waals surface area contributed by atoms with E-state index in [-0.39, 0.29) is 12.1 Å². The fourth-order valence-electron chi connectivity index (χ4n) is 3.69. The van der Waals surface area contributed by atoms with Crippen LogP contribution in [-0.2, 0) is 11.3 Å². The van der Waals surface area contributed by atoms with Gasteiger partial charge in [-0.15, -0.1) is 0 Å². The minimum atomic E-state index is -0.425. The van der Waals surface area contributed by atoms with Crippen LogP contribution < -0.4 is 0 Å². The number of amides is 1. The number of piperazine rings is 1. The summed E-state index contributed by atoms with van der Waals surface area (Å²) in [6.45, 7) is 9.74. The topological polar surface area (TPSA) is 32.8 Å². The van der Waals surface area contributed by atoms with Gasteiger partial charge in [-0.3, -0.25) is 4.90 Å². The van der Waals surface area contributed by atoms with Gasteiger partial charge in [0.15, 0.2) is 0 Å². The molecule has 0 aliphatic carbocycles. The summed E-state index contributed by atoms with van der Waals surface area (Å²) in [6, 6.07) is 11.7. The van der Waals surface area contributed by atoms with Crippen LogP contribution in [0.25, 0.3) is 0 Å². The summed E-state index contributed by atoms with van der Waals surface area (Å²) in [5, 5.41) is 0. The zero-order chi connectivity index (χ0) is 15.9. The lowest BCUT2D eigenvalue weighted by atomic mass is 10.1. The first-order valence-electron chi connectivity index (χ1n) is 8.14. The Kier molecular flexibility index (Phi) is 3.89. The molecule has 4 nitrogen and oxygen atoms in total. The number of hydrogen-bond donors (Lipinski definition) is 0. The number of likely N-dealkylation sites (tertiary alicyclic amines) is 2. The molecule has 4 heteroatoms. The first kappa shape index (κ1) is 15.3. The summed E-state index contributed by atoms with van der Waals surface area (Å²) < 4.78 is 5.54. The predicted octanol–water partition coefficient (Wildman–Crippen LogP) is 3.27. The quantitative estimate of drug-likeness (QED) is 0.840. The molecule has 120 valence electrons. The molecule has 3 atom stereocenters. The van der Waals surface area contributed by atoms with Crippen LogP contribution in [-0.4, -0.2) is 46.2 Å². The molecule has 3 unspecified atom stereocenters. The number of benzene rings is 1. The predicted molar refractivity (Wildman–Crippen MR) is 86.6 cm³/mol. The normalized spacial score (nSPS) is 28.2. The van der Waals surface area contributed by atoms with E-state index in [0.717, 1.165) is 19.5 Å². The van der Waals surface area contributed by atoms with Gasteiger partial charge >= 0.3 is 6.09 Å². The highest BCUT2D eigenvalue weighted by Gasteiger charge is 2.50. The van der Waals surface area contributed by atoms with Gasteiger partial charge in [-0.2, -0.15) is 0 Å². The summed E-state index contributed by atoms with van der Waals surface area (Å²) >= 11 is 0. The third kappa shape index (κ3) is 2.98. The molecule has 1 aromatic rings. The Morgan fingerprint density at radius 3 is 2.55 bits per heavy atom. The van der Waals surface area contributed by atoms with Crippen LogP contribution in [0, 0.1) is 0 Å². The van der Waals surface area contributed by atoms with Crippen LogP contribution in [0.2, 0.25) is 0 Å². The molecule has 2 bridgehead atoms. The summed E-state index contributed by atoms with van der Waals surface area (Å²) in [7, 11) is 0. The largest absolute Gasteiger partial charge is 0.444 e. The number of nitrogens with zero attached hydrogens (tertiary/aromatic N) is 2. The molecule has 1 amide bonds. The molecule has 0 aromatic heterocycles. The smallest absolute Gasteiger partial charge is 0.410 e. The molecule has 22 heavy (non-hydrogen) atoms. The maximum atomic E-state index is 12.3. The number of fused-ring (bicyclic) bond motifs is 2. The van der Waals surface area contributed by atoms with Crippen molar-refractivity contribution in [3.8, 4) is 0 Å². The standard InChI is InChI=1S/C18H26N2O2/c1-13-16-10-15(12-20(16)17(21)22-18(2,3)4)19(13)11-14-8-6-5-7-9-14/h5-9,13,15-16H,10-12H2,1-4H3. The van der Waals surface area contributed by atoms with Crippen molar-refractivity contribution in [2.75, 3.05) is 6.54 Å². The van der Waals surface area contributed by atoms with Crippen LogP contribution in [0.15, 0.2) is 30.3 Å². The highest BCUT2D eigenvalue weighted by molar-refractivity contribution is 5.69. The van der Waals surface area contributed by atoms with E-state index < -0.39 is 5.60 Å². The van der Waals surface area contributed by atoms with E-state index >= 15 is 0 Å². The molecule has 0 spiro atoms. The van der Waals surface area contributed by atoms with Crippen molar-refractivity contribution in [3.63, 3.8) is 0 Å². The third-order valence-electron chi connectivity index (χ3n) is 4.71. The first-order valence-corrected chi connectivity index (χ1v) is 8.14. The highest BCUT2D eigenvalue weighted by Crippen LogP contribution is 2.37. The highest BCUT2D eigenvalue weighted by atomic mass is 16.6. The van der Waals surface area contributed by atoms with Crippen LogP contribution >= 0.6 is 0 Å². The zero-order valence-corrected chi connectivity index (χ0v) is 14.0. The van der Waals surface area contributed by atoms with E-state index in [2.05, 4.69) is 36.1 Å². The minimum absolute atomic E-state index is 0.161. The van der Waals surface area contributed by atoms with E-state index in [9.17, 15) is 4.79 Å². The van der Waals surface area contributed by atoms with Crippen molar-refractivity contribution in [1.82, 2.24) is 9.80 Å². The van der Waals surface area contributed by atoms with E-state index in [1.165, 1.54) is 5.56 Å². The molecule has 0 saturated carbocycles. The maximum Gasteiger partial charge on any atom is 0.410 e. The monoisotopic (exact) mass is 302 g/mol. The molecular weight excluding hydrogens is 276 g/mol. The van der Waals surface area contributed by atoms with E-state index in [1.54, 1.807) is 0 Å². The van der Waals surface area contributed by atoms with Crippen molar-refractivity contribution in [2.24, 2.45) is 0 Å². The Labute approximate surface area is 133 Å². The van der Waals surface area contributed by atoms with Gasteiger partial charge in [0, 0.05) is 25.2 Å². The van der Waals surface area contributed by atoms with E-state index in [4.69, 9.17) is 4.74 Å². The van der Waals surface area contributed by atoms with Gasteiger partial charge < -0.3 is 9.64 Å². The fraction of sp³-hybridized carbons (Fsp3) is 0.611. The lowest BCUT2D eigenvalue weighted by Crippen LogP contribution is -2.54. The van der Waals surface area contributed by atoms with Crippen LogP contribution in [0.5, 0.6) is 0 Å². The van der Waals surface area contributed by atoms with Crippen molar-refractivity contribution in [3.05, 3.63) is 35.9 Å². The lowest BCUT2D eigenvalue weighted by Gasteiger charge is -2.39. The Morgan fingerprint density at radius 2 is 1.95 bits per heavy atom. The van der Waals surface area contributed by atoms with E-state index in [1.807, 2.05) is 31.7 Å². The Morgan fingerprint density at radius 1 is 1.27 bits per heavy atom. The molecule has 0 N–H and O–H groups in total. The van der Waals surface area contributed by atoms with Gasteiger partial charge in [-0.25, -0.2) is 4.79 Å². The fourth-order valence-corrected chi connectivity index (χ4v) is 3.69. The molecule has 3 rings (SSSR count). The number of carbonyl (C=O) groups excluding carboxylic acids is 1. The zero-order valence-electron chi connectivity index (χ0n) is 14.0. The number of rotatable bonds is 2. The summed E-state index contributed by atoms with van der Waals surface area (Å²) in [6.07, 6.45) is 0.902. The number of hydrogen-bond acceptors (Lipinski definition) is 3. The van der Waals surface area contributed by atoms with Crippen molar-refractivity contribution in [2.45, 2.75) is 64.4 Å². The Hall–Kier alpha value is -1.55. The van der Waals surface area contributed by atoms with Crippen LogP contribution in [0.3, 0.4) is 0 Å². The molecule has 1 aromatic carbocycles. The lowest BCUT2D eigenvalue weighted by molar-refractivity contribution is 0.00272. The summed E-state index contributed by atoms with van der Waals surface area (Å²) in [4.78, 5) is 16.8. The Bertz CT molecular complexity index is 536. The van der Waals surface area contributed by atoms with Crippen LogP contribution in [0.1, 0.15) is 39.7 Å². The summed E-state index contributed by atoms with van der Waals surface area (Å²) in [5.74, 6) is 0. The molecular formula is C18H26N2O2. The maximum absolute atomic E-state index is 12.3. The van der Waals surface area contributed by atoms with Gasteiger partial charge in [0.05, 0.1) is 6.04 Å². The molecule has 0 radical (unpaired) electrons. The van der Waals surface area contributed by atoms with Crippen molar-refractivity contribution in [1.29, 1.82) is 0 Å². The second-order valence-electron chi connectivity index (χ2n) is 7.49. The second kappa shape index (κ2) is 5.58. The molecule has 2 fully saturated rings. The number of carbonyl (C=O) groups is 1. The van der Waals surface area contributed by atoms with Crippen molar-refractivity contribution >= 4 is 6.09 Å². The van der Waals surface area contributed by atoms with Gasteiger partial charge in [-0.1, -0.05) is 30.3 Å². The minimum Gasteiger partial charge on any atom is -0.444 e. The molecule has 2 aliphatic heterocycles. The van der Waals surface area contributed by atoms with E-state index in [0.29, 0.717) is 12.1 Å². The second-order valence-corrected chi connectivity index (χ2v) is 7.49. The number of ether oxygens (including phenoxy) is 1. The third-order valence-corrected chi connectivity index (χ3v) is 4.71. The van der Waals surface area contributed by atoms with Crippen molar-refractivity contribution < 1.29 is 9.53 Å². The average Bonchev–Trinajstić information content (AvgIpc) is 2.99. The van der Waals surface area contributed by atoms with Gasteiger partial charge in [0.25, 0.3) is 0 Å². The molecule has 2 saturated heterocycles. The molecule has 2 heterocycles. The molecule has 2 aliphatic rings. The Balaban J connectivity index is 1.65. The SMILES string of the molecule is CC1C2CC(CN2C(=O)OC(C)(C)C)N1Cc1ccccc1. The average molecular weight is 302 g/mol. The first-order chi connectivity index (χ1) is 10.3. The van der Waals surface area contributed by atoms with Gasteiger partial charge in [0.2, 0.25) is 0 Å². The van der Waals surface area contributed by atoms with Crippen LogP contribution in [0.4, 0.5) is 4.79 Å². The van der Waals surface area contributed by atoms with Gasteiger partial charge in [0.1, 0.15) is 5.60 Å². The van der Waals surface area contributed by atoms with Gasteiger partial charge in [-0.05, 0) is 39.7 Å².